The van der Waals surface area contributed by atoms with Crippen molar-refractivity contribution in [3.63, 3.8) is 0 Å². The van der Waals surface area contributed by atoms with Crippen molar-refractivity contribution in [2.24, 2.45) is 5.92 Å². The Morgan fingerprint density at radius 2 is 1.57 bits per heavy atom. The normalized spacial score (nSPS) is 16.8. The van der Waals surface area contributed by atoms with E-state index in [2.05, 4.69) is 59.2 Å². The molecule has 2 fully saturated rings. The number of Topliss-reactive ketones (excluding diaryl/α,β-unsaturated/α-hetero) is 1. The van der Waals surface area contributed by atoms with Crippen molar-refractivity contribution in [2.75, 3.05) is 31.1 Å². The molecule has 2 aliphatic rings. The number of benzene rings is 4. The minimum atomic E-state index is -0.221. The van der Waals surface area contributed by atoms with Crippen molar-refractivity contribution < 1.29 is 9.90 Å². The fourth-order valence-corrected chi connectivity index (χ4v) is 7.32. The van der Waals surface area contributed by atoms with Crippen LogP contribution in [0.1, 0.15) is 72.1 Å². The molecule has 6 heteroatoms. The van der Waals surface area contributed by atoms with Gasteiger partial charge in [0.2, 0.25) is 0 Å². The van der Waals surface area contributed by atoms with Crippen LogP contribution in [0.2, 0.25) is 10.0 Å². The SMILES string of the molecule is CCc1ccc(-c2ccc(O)c(C(c3cccc(C(=O)CC4CCCC4)c3)N3CCN(c4cccc(Cl)c4Cl)CC3)c2)cc1. The first kappa shape index (κ1) is 30.7. The molecule has 1 saturated heterocycles. The molecule has 1 N–H and O–H groups in total. The zero-order valence-electron chi connectivity index (χ0n) is 25.3. The molecule has 1 atom stereocenters. The van der Waals surface area contributed by atoms with Crippen LogP contribution in [-0.4, -0.2) is 42.0 Å². The van der Waals surface area contributed by atoms with Gasteiger partial charge >= 0.3 is 0 Å². The number of nitrogens with zero attached hydrogens (tertiary/aromatic N) is 2. The molecule has 6 rings (SSSR count). The summed E-state index contributed by atoms with van der Waals surface area (Å²) in [5.41, 5.74) is 7.03. The third-order valence-electron chi connectivity index (χ3n) is 9.44. The number of piperazine rings is 1. The first-order chi connectivity index (χ1) is 21.4. The number of rotatable bonds is 9. The Labute approximate surface area is 271 Å². The van der Waals surface area contributed by atoms with E-state index in [9.17, 15) is 9.90 Å². The highest BCUT2D eigenvalue weighted by atomic mass is 35.5. The van der Waals surface area contributed by atoms with Gasteiger partial charge in [0, 0.05) is 43.7 Å². The van der Waals surface area contributed by atoms with Gasteiger partial charge in [0.05, 0.1) is 21.8 Å². The average molecular weight is 628 g/mol. The standard InChI is InChI=1S/C38H40Cl2N2O2/c1-2-26-13-15-28(16-14-26)29-17-18-35(43)32(25-29)38(31-10-5-9-30(24-31)36(44)23-27-7-3-4-8-27)42-21-19-41(20-22-42)34-12-6-11-33(39)37(34)40/h5-6,9-18,24-25,27,38,43H,2-4,7-8,19-23H2,1H3. The van der Waals surface area contributed by atoms with E-state index in [1.807, 2.05) is 42.5 Å². The summed E-state index contributed by atoms with van der Waals surface area (Å²) in [5.74, 6) is 0.965. The summed E-state index contributed by atoms with van der Waals surface area (Å²) in [6.07, 6.45) is 6.35. The lowest BCUT2D eigenvalue weighted by Crippen LogP contribution is -2.48. The monoisotopic (exact) mass is 626 g/mol. The molecule has 0 radical (unpaired) electrons. The number of phenolic OH excluding ortho intramolecular Hbond substituents is 1. The van der Waals surface area contributed by atoms with Gasteiger partial charge in [-0.1, -0.05) is 110 Å². The van der Waals surface area contributed by atoms with Gasteiger partial charge < -0.3 is 10.0 Å². The maximum absolute atomic E-state index is 13.4. The third-order valence-corrected chi connectivity index (χ3v) is 10.3. The van der Waals surface area contributed by atoms with E-state index in [1.54, 1.807) is 0 Å². The Morgan fingerprint density at radius 1 is 0.864 bits per heavy atom. The summed E-state index contributed by atoms with van der Waals surface area (Å²) in [5, 5.41) is 12.5. The highest BCUT2D eigenvalue weighted by Crippen LogP contribution is 2.40. The predicted octanol–water partition coefficient (Wildman–Crippen LogP) is 9.60. The molecule has 4 nitrogen and oxygen atoms in total. The molecule has 1 aliphatic carbocycles. The summed E-state index contributed by atoms with van der Waals surface area (Å²) in [7, 11) is 0. The number of hydrogen-bond acceptors (Lipinski definition) is 4. The van der Waals surface area contributed by atoms with E-state index in [0.717, 1.165) is 78.9 Å². The van der Waals surface area contributed by atoms with Gasteiger partial charge in [-0.15, -0.1) is 0 Å². The fourth-order valence-electron chi connectivity index (χ4n) is 6.91. The van der Waals surface area contributed by atoms with Gasteiger partial charge in [-0.3, -0.25) is 9.69 Å². The van der Waals surface area contributed by atoms with Gasteiger partial charge in [0.1, 0.15) is 5.75 Å². The van der Waals surface area contributed by atoms with Gasteiger partial charge in [0.25, 0.3) is 0 Å². The van der Waals surface area contributed by atoms with Gasteiger partial charge in [-0.2, -0.15) is 0 Å². The molecule has 0 spiro atoms. The zero-order valence-corrected chi connectivity index (χ0v) is 26.8. The highest BCUT2D eigenvalue weighted by molar-refractivity contribution is 6.43. The molecule has 1 heterocycles. The third kappa shape index (κ3) is 6.68. The second kappa shape index (κ2) is 13.8. The number of anilines is 1. The first-order valence-corrected chi connectivity index (χ1v) is 16.6. The first-order valence-electron chi connectivity index (χ1n) is 15.9. The summed E-state index contributed by atoms with van der Waals surface area (Å²) < 4.78 is 0. The Bertz CT molecular complexity index is 1610. The number of aryl methyl sites for hydroxylation is 1. The second-order valence-electron chi connectivity index (χ2n) is 12.2. The summed E-state index contributed by atoms with van der Waals surface area (Å²) in [4.78, 5) is 18.1. The van der Waals surface area contributed by atoms with Crippen LogP contribution in [0.25, 0.3) is 11.1 Å². The number of ketones is 1. The van der Waals surface area contributed by atoms with Crippen molar-refractivity contribution >= 4 is 34.7 Å². The lowest BCUT2D eigenvalue weighted by molar-refractivity contribution is 0.0962. The summed E-state index contributed by atoms with van der Waals surface area (Å²) in [6.45, 7) is 5.18. The molecule has 0 aromatic heterocycles. The molecule has 44 heavy (non-hydrogen) atoms. The molecule has 4 aromatic carbocycles. The minimum Gasteiger partial charge on any atom is -0.508 e. The van der Waals surface area contributed by atoms with Crippen LogP contribution in [0.15, 0.2) is 84.9 Å². The predicted molar refractivity (Wildman–Crippen MR) is 182 cm³/mol. The summed E-state index contributed by atoms with van der Waals surface area (Å²) in [6, 6.07) is 28.2. The second-order valence-corrected chi connectivity index (χ2v) is 13.0. The van der Waals surface area contributed by atoms with Crippen LogP contribution in [0.4, 0.5) is 5.69 Å². The number of halogens is 2. The lowest BCUT2D eigenvalue weighted by Gasteiger charge is -2.41. The van der Waals surface area contributed by atoms with Crippen LogP contribution in [-0.2, 0) is 6.42 Å². The maximum atomic E-state index is 13.4. The molecule has 0 amide bonds. The topological polar surface area (TPSA) is 43.8 Å². The zero-order chi connectivity index (χ0) is 30.6. The van der Waals surface area contributed by atoms with E-state index in [0.29, 0.717) is 22.4 Å². The van der Waals surface area contributed by atoms with Crippen molar-refractivity contribution in [1.29, 1.82) is 0 Å². The van der Waals surface area contributed by atoms with Crippen LogP contribution in [0, 0.1) is 5.92 Å². The fraction of sp³-hybridized carbons (Fsp3) is 0.342. The van der Waals surface area contributed by atoms with Crippen LogP contribution in [0.5, 0.6) is 5.75 Å². The van der Waals surface area contributed by atoms with Crippen molar-refractivity contribution in [2.45, 2.75) is 51.5 Å². The smallest absolute Gasteiger partial charge is 0.163 e. The number of carbonyl (C=O) groups is 1. The molecule has 228 valence electrons. The highest BCUT2D eigenvalue weighted by Gasteiger charge is 2.30. The van der Waals surface area contributed by atoms with Gasteiger partial charge in [0.15, 0.2) is 5.78 Å². The van der Waals surface area contributed by atoms with Gasteiger partial charge in [-0.05, 0) is 64.9 Å². The largest absolute Gasteiger partial charge is 0.508 e. The lowest BCUT2D eigenvalue weighted by atomic mass is 9.90. The van der Waals surface area contributed by atoms with E-state index >= 15 is 0 Å². The van der Waals surface area contributed by atoms with Crippen molar-refractivity contribution in [3.8, 4) is 16.9 Å². The average Bonchev–Trinajstić information content (AvgIpc) is 3.57. The van der Waals surface area contributed by atoms with E-state index in [4.69, 9.17) is 23.2 Å². The van der Waals surface area contributed by atoms with Crippen LogP contribution >= 0.6 is 23.2 Å². The quantitative estimate of drug-likeness (QED) is 0.188. The van der Waals surface area contributed by atoms with Crippen LogP contribution in [0.3, 0.4) is 0 Å². The number of carbonyl (C=O) groups excluding carboxylic acids is 1. The van der Waals surface area contributed by atoms with E-state index in [1.165, 1.54) is 18.4 Å². The van der Waals surface area contributed by atoms with E-state index < -0.39 is 0 Å². The molecule has 1 unspecified atom stereocenters. The number of hydrogen-bond donors (Lipinski definition) is 1. The van der Waals surface area contributed by atoms with E-state index in [-0.39, 0.29) is 17.6 Å². The van der Waals surface area contributed by atoms with Crippen LogP contribution < -0.4 is 4.90 Å². The number of aromatic hydroxyl groups is 1. The molecule has 4 aromatic rings. The molecule has 1 aliphatic heterocycles. The van der Waals surface area contributed by atoms with Gasteiger partial charge in [-0.25, -0.2) is 0 Å². The molecule has 1 saturated carbocycles. The maximum Gasteiger partial charge on any atom is 0.163 e. The van der Waals surface area contributed by atoms with Crippen molar-refractivity contribution in [3.05, 3.63) is 117 Å². The Hall–Kier alpha value is -3.31. The Balaban J connectivity index is 1.34. The molecular weight excluding hydrogens is 587 g/mol. The molecule has 0 bridgehead atoms. The minimum absolute atomic E-state index is 0.215. The Morgan fingerprint density at radius 3 is 2.30 bits per heavy atom. The van der Waals surface area contributed by atoms with Crippen molar-refractivity contribution in [1.82, 2.24) is 4.90 Å². The molecular formula is C38H40Cl2N2O2. The Kier molecular flexibility index (Phi) is 9.61. The summed E-state index contributed by atoms with van der Waals surface area (Å²) >= 11 is 12.9. The number of phenols is 1.